The van der Waals surface area contributed by atoms with Gasteiger partial charge in [-0.25, -0.2) is 13.9 Å². The van der Waals surface area contributed by atoms with Crippen LogP contribution < -0.4 is 10.2 Å². The van der Waals surface area contributed by atoms with Gasteiger partial charge in [0, 0.05) is 37.6 Å². The van der Waals surface area contributed by atoms with E-state index in [0.29, 0.717) is 13.1 Å². The number of hydrogen-bond donors (Lipinski definition) is 1. The molecule has 30 heavy (non-hydrogen) atoms. The van der Waals surface area contributed by atoms with Crippen molar-refractivity contribution in [3.05, 3.63) is 59.3 Å². The number of aryl methyl sites for hydroxylation is 2. The Morgan fingerprint density at radius 2 is 2.00 bits per heavy atom. The van der Waals surface area contributed by atoms with Crippen LogP contribution in [0.2, 0.25) is 0 Å². The van der Waals surface area contributed by atoms with Gasteiger partial charge in [-0.15, -0.1) is 0 Å². The average Bonchev–Trinajstić information content (AvgIpc) is 3.17. The zero-order valence-corrected chi connectivity index (χ0v) is 17.0. The van der Waals surface area contributed by atoms with Crippen molar-refractivity contribution in [1.82, 2.24) is 19.9 Å². The molecule has 0 spiro atoms. The highest BCUT2D eigenvalue weighted by Crippen LogP contribution is 2.32. The van der Waals surface area contributed by atoms with E-state index in [0.717, 1.165) is 49.1 Å². The fraction of sp³-hybridized carbons (Fsp3) is 0.435. The summed E-state index contributed by atoms with van der Waals surface area (Å²) in [5, 5.41) is 7.79. The quantitative estimate of drug-likeness (QED) is 0.721. The summed E-state index contributed by atoms with van der Waals surface area (Å²) in [6.07, 6.45) is 10.0. The summed E-state index contributed by atoms with van der Waals surface area (Å²) >= 11 is 0. The van der Waals surface area contributed by atoms with Crippen LogP contribution in [0.1, 0.15) is 42.5 Å². The zero-order valence-electron chi connectivity index (χ0n) is 17.0. The van der Waals surface area contributed by atoms with Gasteiger partial charge in [-0.3, -0.25) is 4.79 Å². The van der Waals surface area contributed by atoms with Gasteiger partial charge in [0.25, 0.3) is 0 Å². The van der Waals surface area contributed by atoms with Crippen molar-refractivity contribution in [3.8, 4) is 0 Å². The van der Waals surface area contributed by atoms with Crippen LogP contribution in [0.15, 0.2) is 36.7 Å². The number of piperidine rings is 1. The molecule has 6 nitrogen and oxygen atoms in total. The molecule has 3 aromatic rings. The lowest BCUT2D eigenvalue weighted by Gasteiger charge is -2.33. The summed E-state index contributed by atoms with van der Waals surface area (Å²) < 4.78 is 15.0. The Labute approximate surface area is 175 Å². The van der Waals surface area contributed by atoms with Crippen LogP contribution >= 0.6 is 0 Å². The van der Waals surface area contributed by atoms with Crippen molar-refractivity contribution in [2.24, 2.45) is 5.92 Å². The molecule has 1 aliphatic heterocycles. The molecule has 156 valence electrons. The standard InChI is InChI=1S/C23H26FN5O/c24-18-9-7-16(8-10-18)14-26-23(30)17-4-3-12-28(15-17)22-21-19-5-1-2-6-20(19)27-29(21)13-11-25-22/h7-11,13,17H,1-6,12,14-15H2,(H,26,30). The summed E-state index contributed by atoms with van der Waals surface area (Å²) in [7, 11) is 0. The van der Waals surface area contributed by atoms with Crippen LogP contribution in [0.25, 0.3) is 5.52 Å². The molecule has 1 aromatic carbocycles. The van der Waals surface area contributed by atoms with Crippen molar-refractivity contribution in [3.63, 3.8) is 0 Å². The van der Waals surface area contributed by atoms with Crippen molar-refractivity contribution >= 4 is 17.2 Å². The molecule has 7 heteroatoms. The van der Waals surface area contributed by atoms with E-state index in [1.807, 2.05) is 10.7 Å². The first kappa shape index (κ1) is 19.0. The molecule has 1 amide bonds. The van der Waals surface area contributed by atoms with E-state index in [9.17, 15) is 9.18 Å². The lowest BCUT2D eigenvalue weighted by Crippen LogP contribution is -2.43. The maximum atomic E-state index is 13.1. The molecule has 5 rings (SSSR count). The van der Waals surface area contributed by atoms with E-state index in [1.54, 1.807) is 18.3 Å². The number of carbonyl (C=O) groups excluding carboxylic acids is 1. The molecule has 1 atom stereocenters. The Balaban J connectivity index is 1.32. The third-order valence-electron chi connectivity index (χ3n) is 6.27. The van der Waals surface area contributed by atoms with Crippen molar-refractivity contribution < 1.29 is 9.18 Å². The van der Waals surface area contributed by atoms with E-state index in [2.05, 4.69) is 10.2 Å². The van der Waals surface area contributed by atoms with Crippen molar-refractivity contribution in [2.75, 3.05) is 18.0 Å². The minimum absolute atomic E-state index is 0.0477. The average molecular weight is 407 g/mol. The summed E-state index contributed by atoms with van der Waals surface area (Å²) in [6, 6.07) is 6.25. The third kappa shape index (κ3) is 3.64. The highest BCUT2D eigenvalue weighted by Gasteiger charge is 2.29. The van der Waals surface area contributed by atoms with Gasteiger partial charge in [-0.2, -0.15) is 5.10 Å². The SMILES string of the molecule is O=C(NCc1ccc(F)cc1)C1CCCN(c2nccn3nc4c(c23)CCCC4)C1. The van der Waals surface area contributed by atoms with Gasteiger partial charge >= 0.3 is 0 Å². The second-order valence-electron chi connectivity index (χ2n) is 8.31. The number of nitrogens with one attached hydrogen (secondary N) is 1. The number of benzene rings is 1. The molecular weight excluding hydrogens is 381 g/mol. The first-order valence-corrected chi connectivity index (χ1v) is 10.8. The number of aromatic nitrogens is 3. The molecule has 0 radical (unpaired) electrons. The third-order valence-corrected chi connectivity index (χ3v) is 6.27. The minimum Gasteiger partial charge on any atom is -0.354 e. The molecule has 0 bridgehead atoms. The summed E-state index contributed by atoms with van der Waals surface area (Å²) in [6.45, 7) is 1.97. The molecular formula is C23H26FN5O. The highest BCUT2D eigenvalue weighted by atomic mass is 19.1. The first-order valence-electron chi connectivity index (χ1n) is 10.8. The van der Waals surface area contributed by atoms with Crippen LogP contribution in [0.4, 0.5) is 10.2 Å². The number of amides is 1. The lowest BCUT2D eigenvalue weighted by atomic mass is 9.95. The number of anilines is 1. The topological polar surface area (TPSA) is 62.5 Å². The number of carbonyl (C=O) groups is 1. The molecule has 3 heterocycles. The summed E-state index contributed by atoms with van der Waals surface area (Å²) in [4.78, 5) is 19.8. The van der Waals surface area contributed by atoms with Crippen LogP contribution in [-0.2, 0) is 24.2 Å². The van der Waals surface area contributed by atoms with Gasteiger partial charge in [-0.05, 0) is 56.2 Å². The number of fused-ring (bicyclic) bond motifs is 3. The predicted molar refractivity (Wildman–Crippen MR) is 113 cm³/mol. The molecule has 1 N–H and O–H groups in total. The van der Waals surface area contributed by atoms with Gasteiger partial charge in [0.15, 0.2) is 5.82 Å². The van der Waals surface area contributed by atoms with Gasteiger partial charge in [0.1, 0.15) is 11.3 Å². The molecule has 1 saturated heterocycles. The molecule has 0 saturated carbocycles. The molecule has 1 fully saturated rings. The number of hydrogen-bond acceptors (Lipinski definition) is 4. The minimum atomic E-state index is -0.267. The van der Waals surface area contributed by atoms with Crippen LogP contribution in [0.5, 0.6) is 0 Å². The number of rotatable bonds is 4. The fourth-order valence-electron chi connectivity index (χ4n) is 4.70. The Hall–Kier alpha value is -2.96. The number of halogens is 1. The Bertz CT molecular complexity index is 1060. The van der Waals surface area contributed by atoms with Gasteiger partial charge in [0.05, 0.1) is 11.6 Å². The second-order valence-corrected chi connectivity index (χ2v) is 8.31. The monoisotopic (exact) mass is 407 g/mol. The highest BCUT2D eigenvalue weighted by molar-refractivity contribution is 5.80. The Morgan fingerprint density at radius 3 is 2.87 bits per heavy atom. The lowest BCUT2D eigenvalue weighted by molar-refractivity contribution is -0.125. The van der Waals surface area contributed by atoms with Gasteiger partial charge in [-0.1, -0.05) is 12.1 Å². The molecule has 1 aliphatic carbocycles. The Morgan fingerprint density at radius 1 is 1.17 bits per heavy atom. The smallest absolute Gasteiger partial charge is 0.225 e. The van der Waals surface area contributed by atoms with E-state index in [-0.39, 0.29) is 17.6 Å². The van der Waals surface area contributed by atoms with E-state index < -0.39 is 0 Å². The Kier molecular flexibility index (Phi) is 5.11. The van der Waals surface area contributed by atoms with E-state index in [1.165, 1.54) is 36.2 Å². The fourth-order valence-corrected chi connectivity index (χ4v) is 4.70. The predicted octanol–water partition coefficient (Wildman–Crippen LogP) is 3.28. The van der Waals surface area contributed by atoms with Crippen molar-refractivity contribution in [1.29, 1.82) is 0 Å². The van der Waals surface area contributed by atoms with E-state index in [4.69, 9.17) is 10.1 Å². The van der Waals surface area contributed by atoms with Crippen LogP contribution in [-0.4, -0.2) is 33.6 Å². The summed E-state index contributed by atoms with van der Waals surface area (Å²) in [5.74, 6) is 0.646. The zero-order chi connectivity index (χ0) is 20.5. The normalized spacial score (nSPS) is 19.0. The molecule has 2 aromatic heterocycles. The van der Waals surface area contributed by atoms with Gasteiger partial charge in [0.2, 0.25) is 5.91 Å². The molecule has 2 aliphatic rings. The maximum Gasteiger partial charge on any atom is 0.225 e. The largest absolute Gasteiger partial charge is 0.354 e. The second kappa shape index (κ2) is 8.05. The van der Waals surface area contributed by atoms with E-state index >= 15 is 0 Å². The van der Waals surface area contributed by atoms with Gasteiger partial charge < -0.3 is 10.2 Å². The molecule has 1 unspecified atom stereocenters. The first-order chi connectivity index (χ1) is 14.7. The van der Waals surface area contributed by atoms with Crippen molar-refractivity contribution in [2.45, 2.75) is 45.1 Å². The van der Waals surface area contributed by atoms with Crippen LogP contribution in [0.3, 0.4) is 0 Å². The number of nitrogens with zero attached hydrogens (tertiary/aromatic N) is 4. The van der Waals surface area contributed by atoms with Crippen LogP contribution in [0, 0.1) is 11.7 Å². The maximum absolute atomic E-state index is 13.1. The summed E-state index contributed by atoms with van der Waals surface area (Å²) in [5.41, 5.74) is 4.53.